The summed E-state index contributed by atoms with van der Waals surface area (Å²) in [6.45, 7) is 7.16. The molecule has 6 nitrogen and oxygen atoms in total. The average molecular weight is 391 g/mol. The Hall–Kier alpha value is -2.25. The van der Waals surface area contributed by atoms with Crippen molar-refractivity contribution in [2.24, 2.45) is 4.99 Å². The fourth-order valence-corrected chi connectivity index (χ4v) is 3.72. The van der Waals surface area contributed by atoms with Crippen LogP contribution < -0.4 is 20.1 Å². The molecule has 2 N–H and O–H groups in total. The molecule has 2 aromatic rings. The van der Waals surface area contributed by atoms with Gasteiger partial charge in [-0.15, -0.1) is 0 Å². The standard InChI is InChI=1S/C20H30N4O2S/c1-6-24(7-2)17(15-10-11-27-14-15)13-22-20(21-3)23-16-8-9-18(25-4)19(12-16)26-5/h8-12,14,17H,6-7,13H2,1-5H3,(H2,21,22,23). The van der Waals surface area contributed by atoms with E-state index in [1.165, 1.54) is 5.56 Å². The van der Waals surface area contributed by atoms with Crippen LogP contribution >= 0.6 is 11.3 Å². The van der Waals surface area contributed by atoms with Crippen LogP contribution in [0.2, 0.25) is 0 Å². The van der Waals surface area contributed by atoms with Gasteiger partial charge in [-0.2, -0.15) is 11.3 Å². The Morgan fingerprint density at radius 3 is 2.44 bits per heavy atom. The summed E-state index contributed by atoms with van der Waals surface area (Å²) in [4.78, 5) is 6.80. The zero-order valence-electron chi connectivity index (χ0n) is 16.8. The Kier molecular flexibility index (Phi) is 8.42. The highest BCUT2D eigenvalue weighted by Gasteiger charge is 2.19. The number of hydrogen-bond donors (Lipinski definition) is 2. The molecule has 1 aromatic carbocycles. The molecular weight excluding hydrogens is 360 g/mol. The van der Waals surface area contributed by atoms with E-state index in [1.54, 1.807) is 32.6 Å². The SMILES string of the molecule is CCN(CC)C(CNC(=NC)Nc1ccc(OC)c(OC)c1)c1ccsc1. The predicted molar refractivity (Wildman–Crippen MR) is 115 cm³/mol. The molecule has 0 fully saturated rings. The lowest BCUT2D eigenvalue weighted by atomic mass is 10.1. The van der Waals surface area contributed by atoms with Crippen LogP contribution in [0.3, 0.4) is 0 Å². The van der Waals surface area contributed by atoms with Crippen molar-refractivity contribution in [1.82, 2.24) is 10.2 Å². The van der Waals surface area contributed by atoms with E-state index in [9.17, 15) is 0 Å². The van der Waals surface area contributed by atoms with Gasteiger partial charge in [0.2, 0.25) is 0 Å². The first-order valence-corrected chi connectivity index (χ1v) is 10.1. The number of benzene rings is 1. The number of aliphatic imine (C=N–C) groups is 1. The molecule has 1 atom stereocenters. The first kappa shape index (κ1) is 21.1. The third kappa shape index (κ3) is 5.61. The largest absolute Gasteiger partial charge is 0.493 e. The van der Waals surface area contributed by atoms with Crippen molar-refractivity contribution in [2.75, 3.05) is 46.2 Å². The fourth-order valence-electron chi connectivity index (χ4n) is 3.01. The van der Waals surface area contributed by atoms with Crippen LogP contribution in [0.1, 0.15) is 25.5 Å². The molecule has 7 heteroatoms. The van der Waals surface area contributed by atoms with Crippen molar-refractivity contribution in [3.8, 4) is 11.5 Å². The molecule has 0 radical (unpaired) electrons. The number of hydrogen-bond acceptors (Lipinski definition) is 5. The van der Waals surface area contributed by atoms with E-state index in [2.05, 4.69) is 51.2 Å². The Labute approximate surface area is 166 Å². The average Bonchev–Trinajstić information content (AvgIpc) is 3.24. The van der Waals surface area contributed by atoms with Gasteiger partial charge < -0.3 is 20.1 Å². The molecule has 0 spiro atoms. The number of thiophene rings is 1. The number of methoxy groups -OCH3 is 2. The van der Waals surface area contributed by atoms with Crippen LogP contribution in [0.4, 0.5) is 5.69 Å². The molecule has 0 saturated heterocycles. The van der Waals surface area contributed by atoms with Crippen molar-refractivity contribution < 1.29 is 9.47 Å². The molecule has 0 saturated carbocycles. The Balaban J connectivity index is 2.07. The molecule has 0 bridgehead atoms. The molecular formula is C20H30N4O2S. The Morgan fingerprint density at radius 2 is 1.89 bits per heavy atom. The maximum atomic E-state index is 5.37. The minimum atomic E-state index is 0.301. The van der Waals surface area contributed by atoms with Crippen molar-refractivity contribution in [3.05, 3.63) is 40.6 Å². The van der Waals surface area contributed by atoms with Gasteiger partial charge in [0.1, 0.15) is 0 Å². The van der Waals surface area contributed by atoms with Crippen LogP contribution in [-0.4, -0.2) is 51.8 Å². The van der Waals surface area contributed by atoms with Crippen LogP contribution in [-0.2, 0) is 0 Å². The molecule has 0 aliphatic carbocycles. The van der Waals surface area contributed by atoms with Crippen LogP contribution in [0.25, 0.3) is 0 Å². The van der Waals surface area contributed by atoms with E-state index in [4.69, 9.17) is 9.47 Å². The van der Waals surface area contributed by atoms with E-state index in [-0.39, 0.29) is 0 Å². The minimum absolute atomic E-state index is 0.301. The lowest BCUT2D eigenvalue weighted by Crippen LogP contribution is -2.40. The fraction of sp³-hybridized carbons (Fsp3) is 0.450. The topological polar surface area (TPSA) is 58.1 Å². The van der Waals surface area contributed by atoms with Gasteiger partial charge in [-0.3, -0.25) is 9.89 Å². The number of nitrogens with zero attached hydrogens (tertiary/aromatic N) is 2. The number of ether oxygens (including phenoxy) is 2. The smallest absolute Gasteiger partial charge is 0.195 e. The van der Waals surface area contributed by atoms with Gasteiger partial charge in [0, 0.05) is 25.3 Å². The molecule has 148 valence electrons. The van der Waals surface area contributed by atoms with Gasteiger partial charge in [-0.25, -0.2) is 0 Å². The van der Waals surface area contributed by atoms with Gasteiger partial charge >= 0.3 is 0 Å². The molecule has 0 aliphatic rings. The molecule has 0 aliphatic heterocycles. The summed E-state index contributed by atoms with van der Waals surface area (Å²) in [7, 11) is 5.03. The molecule has 1 aromatic heterocycles. The second kappa shape index (κ2) is 10.8. The van der Waals surface area contributed by atoms with Crippen LogP contribution in [0.5, 0.6) is 11.5 Å². The maximum absolute atomic E-state index is 5.37. The summed E-state index contributed by atoms with van der Waals surface area (Å²) < 4.78 is 10.7. The maximum Gasteiger partial charge on any atom is 0.195 e. The van der Waals surface area contributed by atoms with E-state index in [0.717, 1.165) is 31.3 Å². The van der Waals surface area contributed by atoms with Crippen LogP contribution in [0, 0.1) is 0 Å². The van der Waals surface area contributed by atoms with Crippen molar-refractivity contribution in [3.63, 3.8) is 0 Å². The first-order chi connectivity index (χ1) is 13.2. The number of anilines is 1. The van der Waals surface area contributed by atoms with Crippen LogP contribution in [0.15, 0.2) is 40.0 Å². The third-order valence-corrected chi connectivity index (χ3v) is 5.22. The van der Waals surface area contributed by atoms with Gasteiger partial charge in [0.15, 0.2) is 17.5 Å². The predicted octanol–water partition coefficient (Wildman–Crippen LogP) is 3.84. The lowest BCUT2D eigenvalue weighted by molar-refractivity contribution is 0.219. The van der Waals surface area contributed by atoms with E-state index >= 15 is 0 Å². The highest BCUT2D eigenvalue weighted by Crippen LogP contribution is 2.29. The van der Waals surface area contributed by atoms with Crippen molar-refractivity contribution in [1.29, 1.82) is 0 Å². The van der Waals surface area contributed by atoms with Crippen molar-refractivity contribution in [2.45, 2.75) is 19.9 Å². The van der Waals surface area contributed by atoms with Gasteiger partial charge in [0.05, 0.1) is 20.3 Å². The van der Waals surface area contributed by atoms with Gasteiger partial charge in [0.25, 0.3) is 0 Å². The summed E-state index contributed by atoms with van der Waals surface area (Å²) in [6.07, 6.45) is 0. The summed E-state index contributed by atoms with van der Waals surface area (Å²) >= 11 is 1.73. The Bertz CT molecular complexity index is 715. The second-order valence-corrected chi connectivity index (χ2v) is 6.72. The summed E-state index contributed by atoms with van der Waals surface area (Å²) in [6, 6.07) is 8.20. The zero-order chi connectivity index (χ0) is 19.6. The monoisotopic (exact) mass is 390 g/mol. The molecule has 1 unspecified atom stereocenters. The summed E-state index contributed by atoms with van der Waals surface area (Å²) in [5.74, 6) is 2.09. The van der Waals surface area contributed by atoms with Crippen molar-refractivity contribution >= 4 is 23.0 Å². The third-order valence-electron chi connectivity index (χ3n) is 4.51. The highest BCUT2D eigenvalue weighted by atomic mass is 32.1. The van der Waals surface area contributed by atoms with E-state index in [0.29, 0.717) is 17.5 Å². The van der Waals surface area contributed by atoms with Gasteiger partial charge in [-0.05, 0) is 47.6 Å². The minimum Gasteiger partial charge on any atom is -0.493 e. The Morgan fingerprint density at radius 1 is 1.15 bits per heavy atom. The summed E-state index contributed by atoms with van der Waals surface area (Å²) in [5.41, 5.74) is 2.22. The lowest BCUT2D eigenvalue weighted by Gasteiger charge is -2.30. The van der Waals surface area contributed by atoms with E-state index < -0.39 is 0 Å². The number of likely N-dealkylation sites (N-methyl/N-ethyl adjacent to an activating group) is 1. The van der Waals surface area contributed by atoms with Gasteiger partial charge in [-0.1, -0.05) is 13.8 Å². The molecule has 2 rings (SSSR count). The quantitative estimate of drug-likeness (QED) is 0.503. The molecule has 27 heavy (non-hydrogen) atoms. The zero-order valence-corrected chi connectivity index (χ0v) is 17.6. The first-order valence-electron chi connectivity index (χ1n) is 9.12. The number of nitrogens with one attached hydrogen (secondary N) is 2. The summed E-state index contributed by atoms with van der Waals surface area (Å²) in [5, 5.41) is 11.1. The van der Waals surface area contributed by atoms with E-state index in [1.807, 2.05) is 18.2 Å². The molecule has 1 heterocycles. The number of guanidine groups is 1. The normalized spacial score (nSPS) is 12.7. The number of rotatable bonds is 9. The molecule has 0 amide bonds. The highest BCUT2D eigenvalue weighted by molar-refractivity contribution is 7.07. The second-order valence-electron chi connectivity index (χ2n) is 5.94.